The van der Waals surface area contributed by atoms with Gasteiger partial charge in [0.05, 0.1) is 6.54 Å². The minimum Gasteiger partial charge on any atom is -0.355 e. The lowest BCUT2D eigenvalue weighted by molar-refractivity contribution is -0.131. The number of rotatable bonds is 5. The molecule has 1 aromatic heterocycles. The van der Waals surface area contributed by atoms with E-state index >= 15 is 0 Å². The summed E-state index contributed by atoms with van der Waals surface area (Å²) in [5, 5.41) is 6.39. The first-order chi connectivity index (χ1) is 15.5. The topological polar surface area (TPSA) is 95.8 Å². The van der Waals surface area contributed by atoms with Crippen LogP contribution in [0.2, 0.25) is 0 Å². The summed E-state index contributed by atoms with van der Waals surface area (Å²) in [5.41, 5.74) is 2.54. The second-order valence-corrected chi connectivity index (χ2v) is 7.61. The molecule has 0 bridgehead atoms. The van der Waals surface area contributed by atoms with Crippen LogP contribution < -0.4 is 5.32 Å². The largest absolute Gasteiger partial charge is 0.355 e. The van der Waals surface area contributed by atoms with E-state index in [2.05, 4.69) is 10.5 Å². The minimum atomic E-state index is -0.474. The Morgan fingerprint density at radius 1 is 0.938 bits per heavy atom. The molecule has 1 fully saturated rings. The Bertz CT molecular complexity index is 1120. The van der Waals surface area contributed by atoms with Crippen LogP contribution in [-0.4, -0.2) is 65.4 Å². The van der Waals surface area contributed by atoms with Crippen LogP contribution in [0, 0.1) is 6.92 Å². The predicted octanol–water partition coefficient (Wildman–Crippen LogP) is 2.36. The quantitative estimate of drug-likeness (QED) is 0.668. The van der Waals surface area contributed by atoms with E-state index in [1.165, 1.54) is 0 Å². The monoisotopic (exact) mass is 432 g/mol. The van der Waals surface area contributed by atoms with Crippen LogP contribution in [0.5, 0.6) is 0 Å². The smallest absolute Gasteiger partial charge is 0.273 e. The molecule has 4 rings (SSSR count). The first-order valence-electron chi connectivity index (χ1n) is 10.5. The van der Waals surface area contributed by atoms with Crippen molar-refractivity contribution in [2.45, 2.75) is 6.92 Å². The number of nitrogens with zero attached hydrogens (tertiary/aromatic N) is 3. The number of nitrogens with one attached hydrogen (secondary N) is 1. The van der Waals surface area contributed by atoms with Crippen LogP contribution in [0.3, 0.4) is 0 Å². The number of aromatic nitrogens is 1. The third-order valence-corrected chi connectivity index (χ3v) is 5.50. The van der Waals surface area contributed by atoms with E-state index in [0.29, 0.717) is 37.5 Å². The summed E-state index contributed by atoms with van der Waals surface area (Å²) in [5.74, 6) is -0.217. The molecule has 8 nitrogen and oxygen atoms in total. The maximum atomic E-state index is 12.7. The maximum absolute atomic E-state index is 12.7. The number of benzene rings is 2. The molecule has 164 valence electrons. The maximum Gasteiger partial charge on any atom is 0.273 e. The van der Waals surface area contributed by atoms with Crippen molar-refractivity contribution in [2.24, 2.45) is 0 Å². The lowest BCUT2D eigenvalue weighted by Crippen LogP contribution is -2.52. The summed E-state index contributed by atoms with van der Waals surface area (Å²) in [6.45, 7) is 3.53. The van der Waals surface area contributed by atoms with Gasteiger partial charge in [-0.15, -0.1) is 0 Å². The van der Waals surface area contributed by atoms with Gasteiger partial charge in [0.1, 0.15) is 0 Å². The Balaban J connectivity index is 1.26. The fourth-order valence-electron chi connectivity index (χ4n) is 3.62. The second kappa shape index (κ2) is 9.47. The number of piperazine rings is 1. The standard InChI is InChI=1S/C24H24N4O4/c1-17-7-5-6-10-19(17)24(31)28-13-11-27(12-14-28)22(29)16-25-23(30)20-15-21(32-26-20)18-8-3-2-4-9-18/h2-10,15H,11-14,16H2,1H3,(H,25,30). The Kier molecular flexibility index (Phi) is 6.30. The number of amides is 3. The van der Waals surface area contributed by atoms with E-state index in [1.54, 1.807) is 15.9 Å². The fraction of sp³-hybridized carbons (Fsp3) is 0.250. The first-order valence-corrected chi connectivity index (χ1v) is 10.5. The second-order valence-electron chi connectivity index (χ2n) is 7.61. The van der Waals surface area contributed by atoms with Crippen molar-refractivity contribution in [2.75, 3.05) is 32.7 Å². The van der Waals surface area contributed by atoms with Gasteiger partial charge < -0.3 is 19.6 Å². The van der Waals surface area contributed by atoms with Crippen molar-refractivity contribution in [1.82, 2.24) is 20.3 Å². The highest BCUT2D eigenvalue weighted by Gasteiger charge is 2.26. The van der Waals surface area contributed by atoms with Gasteiger partial charge in [0.15, 0.2) is 11.5 Å². The van der Waals surface area contributed by atoms with Crippen molar-refractivity contribution >= 4 is 17.7 Å². The Morgan fingerprint density at radius 2 is 1.59 bits per heavy atom. The molecule has 1 aliphatic heterocycles. The molecule has 32 heavy (non-hydrogen) atoms. The van der Waals surface area contributed by atoms with Gasteiger partial charge in [0.25, 0.3) is 11.8 Å². The van der Waals surface area contributed by atoms with E-state index in [0.717, 1.165) is 11.1 Å². The SMILES string of the molecule is Cc1ccccc1C(=O)N1CCN(C(=O)CNC(=O)c2cc(-c3ccccc3)on2)CC1. The third-order valence-electron chi connectivity index (χ3n) is 5.50. The molecule has 3 aromatic rings. The van der Waals surface area contributed by atoms with Crippen LogP contribution in [0.15, 0.2) is 65.2 Å². The first kappa shape index (κ1) is 21.3. The molecule has 1 N–H and O–H groups in total. The third kappa shape index (κ3) is 4.69. The molecule has 1 saturated heterocycles. The molecule has 0 unspecified atom stereocenters. The fourth-order valence-corrected chi connectivity index (χ4v) is 3.62. The Hall–Kier alpha value is -3.94. The zero-order valence-electron chi connectivity index (χ0n) is 17.8. The molecule has 0 spiro atoms. The molecule has 2 heterocycles. The van der Waals surface area contributed by atoms with Crippen molar-refractivity contribution in [1.29, 1.82) is 0 Å². The molecule has 0 atom stereocenters. The van der Waals surface area contributed by atoms with Gasteiger partial charge in [-0.25, -0.2) is 0 Å². The van der Waals surface area contributed by atoms with Gasteiger partial charge in [-0.3, -0.25) is 14.4 Å². The van der Waals surface area contributed by atoms with Gasteiger partial charge in [-0.2, -0.15) is 0 Å². The zero-order valence-corrected chi connectivity index (χ0v) is 17.8. The van der Waals surface area contributed by atoms with E-state index in [4.69, 9.17) is 4.52 Å². The summed E-state index contributed by atoms with van der Waals surface area (Å²) in [7, 11) is 0. The van der Waals surface area contributed by atoms with Gasteiger partial charge in [0.2, 0.25) is 5.91 Å². The van der Waals surface area contributed by atoms with Gasteiger partial charge in [-0.05, 0) is 18.6 Å². The molecule has 8 heteroatoms. The lowest BCUT2D eigenvalue weighted by atomic mass is 10.1. The summed E-state index contributed by atoms with van der Waals surface area (Å²) >= 11 is 0. The molecule has 1 aliphatic rings. The molecule has 0 saturated carbocycles. The van der Waals surface area contributed by atoms with Crippen LogP contribution in [0.1, 0.15) is 26.4 Å². The van der Waals surface area contributed by atoms with Crippen LogP contribution >= 0.6 is 0 Å². The lowest BCUT2D eigenvalue weighted by Gasteiger charge is -2.35. The molecule has 0 radical (unpaired) electrons. The van der Waals surface area contributed by atoms with Crippen LogP contribution in [-0.2, 0) is 4.79 Å². The average Bonchev–Trinajstić information content (AvgIpc) is 3.33. The summed E-state index contributed by atoms with van der Waals surface area (Å²) < 4.78 is 5.23. The van der Waals surface area contributed by atoms with Crippen molar-refractivity contribution in [3.63, 3.8) is 0 Å². The Morgan fingerprint density at radius 3 is 2.31 bits per heavy atom. The number of carbonyl (C=O) groups is 3. The molecule has 3 amide bonds. The van der Waals surface area contributed by atoms with Gasteiger partial charge >= 0.3 is 0 Å². The normalized spacial score (nSPS) is 13.7. The zero-order chi connectivity index (χ0) is 22.5. The van der Waals surface area contributed by atoms with Crippen LogP contribution in [0.4, 0.5) is 0 Å². The van der Waals surface area contributed by atoms with E-state index in [9.17, 15) is 14.4 Å². The number of hydrogen-bond donors (Lipinski definition) is 1. The van der Waals surface area contributed by atoms with Gasteiger partial charge in [0, 0.05) is 43.4 Å². The predicted molar refractivity (Wildman–Crippen MR) is 118 cm³/mol. The number of hydrogen-bond acceptors (Lipinski definition) is 5. The van der Waals surface area contributed by atoms with E-state index in [1.807, 2.05) is 61.5 Å². The minimum absolute atomic E-state index is 0.0243. The highest BCUT2D eigenvalue weighted by Crippen LogP contribution is 2.19. The highest BCUT2D eigenvalue weighted by molar-refractivity contribution is 5.96. The van der Waals surface area contributed by atoms with Crippen molar-refractivity contribution in [3.05, 3.63) is 77.5 Å². The van der Waals surface area contributed by atoms with E-state index < -0.39 is 5.91 Å². The van der Waals surface area contributed by atoms with E-state index in [-0.39, 0.29) is 24.1 Å². The average molecular weight is 432 g/mol. The van der Waals surface area contributed by atoms with Crippen molar-refractivity contribution in [3.8, 4) is 11.3 Å². The summed E-state index contributed by atoms with van der Waals surface area (Å²) in [6.07, 6.45) is 0. The van der Waals surface area contributed by atoms with Gasteiger partial charge in [-0.1, -0.05) is 53.7 Å². The summed E-state index contributed by atoms with van der Waals surface area (Å²) in [4.78, 5) is 41.0. The summed E-state index contributed by atoms with van der Waals surface area (Å²) in [6, 6.07) is 18.4. The Labute approximate surface area is 185 Å². The molecule has 2 aromatic carbocycles. The molecular formula is C24H24N4O4. The molecule has 0 aliphatic carbocycles. The number of aryl methyl sites for hydroxylation is 1. The van der Waals surface area contributed by atoms with Crippen LogP contribution in [0.25, 0.3) is 11.3 Å². The van der Waals surface area contributed by atoms with Crippen molar-refractivity contribution < 1.29 is 18.9 Å². The molecular weight excluding hydrogens is 408 g/mol. The number of carbonyl (C=O) groups excluding carboxylic acids is 3. The highest BCUT2D eigenvalue weighted by atomic mass is 16.5.